The number of ketones is 1. The lowest BCUT2D eigenvalue weighted by atomic mass is 9.83. The maximum absolute atomic E-state index is 12.8. The lowest BCUT2D eigenvalue weighted by molar-refractivity contribution is 0.0976. The number of rotatable bonds is 4. The zero-order chi connectivity index (χ0) is 17.2. The molecule has 3 aromatic carbocycles. The maximum Gasteiger partial charge on any atom is 0.163 e. The predicted octanol–water partition coefficient (Wildman–Crippen LogP) is 5.21. The molecule has 3 heteroatoms. The molecule has 0 N–H and O–H groups in total. The summed E-state index contributed by atoms with van der Waals surface area (Å²) in [5.41, 5.74) is 2.76. The molecule has 1 heterocycles. The molecule has 3 nitrogen and oxygen atoms in total. The van der Waals surface area contributed by atoms with Gasteiger partial charge in [-0.15, -0.1) is 0 Å². The van der Waals surface area contributed by atoms with Gasteiger partial charge < -0.3 is 9.47 Å². The van der Waals surface area contributed by atoms with Crippen molar-refractivity contribution in [2.24, 2.45) is 0 Å². The molecule has 0 fully saturated rings. The van der Waals surface area contributed by atoms with Crippen molar-refractivity contribution < 1.29 is 14.3 Å². The highest BCUT2D eigenvalue weighted by molar-refractivity contribution is 5.97. The quantitative estimate of drug-likeness (QED) is 0.616. The third-order valence-electron chi connectivity index (χ3n) is 4.59. The Hall–Kier alpha value is -3.07. The van der Waals surface area contributed by atoms with Gasteiger partial charge in [0.25, 0.3) is 0 Å². The van der Waals surface area contributed by atoms with Crippen molar-refractivity contribution >= 4 is 5.78 Å². The van der Waals surface area contributed by atoms with Gasteiger partial charge in [0, 0.05) is 29.0 Å². The Morgan fingerprint density at radius 2 is 1.64 bits per heavy atom. The number of para-hydroxylation sites is 1. The number of fused-ring (bicyclic) bond motifs is 2. The molecule has 0 bridgehead atoms. The molecule has 0 amide bonds. The first-order valence-corrected chi connectivity index (χ1v) is 8.29. The van der Waals surface area contributed by atoms with Crippen LogP contribution in [0, 0.1) is 0 Å². The standard InChI is InChI=1S/C22H18O3/c1-24-16-11-12-22-19(13-16)18(17-9-5-6-10-21(17)25-22)14-20(23)15-7-3-2-4-8-15/h2-13,18H,14H2,1H3. The fraction of sp³-hybridized carbons (Fsp3) is 0.136. The Labute approximate surface area is 146 Å². The Morgan fingerprint density at radius 1 is 0.920 bits per heavy atom. The number of carbonyl (C=O) groups is 1. The zero-order valence-corrected chi connectivity index (χ0v) is 13.9. The van der Waals surface area contributed by atoms with Gasteiger partial charge in [-0.25, -0.2) is 0 Å². The first kappa shape index (κ1) is 15.5. The molecule has 0 saturated heterocycles. The van der Waals surface area contributed by atoms with E-state index in [0.717, 1.165) is 33.9 Å². The van der Waals surface area contributed by atoms with Crippen LogP contribution in [0.3, 0.4) is 0 Å². The van der Waals surface area contributed by atoms with Crippen LogP contribution < -0.4 is 9.47 Å². The summed E-state index contributed by atoms with van der Waals surface area (Å²) in [5, 5.41) is 0. The van der Waals surface area contributed by atoms with Crippen LogP contribution in [-0.2, 0) is 0 Å². The smallest absolute Gasteiger partial charge is 0.163 e. The van der Waals surface area contributed by atoms with Crippen molar-refractivity contribution in [1.29, 1.82) is 0 Å². The van der Waals surface area contributed by atoms with Crippen molar-refractivity contribution in [3.8, 4) is 17.2 Å². The van der Waals surface area contributed by atoms with Gasteiger partial charge in [0.15, 0.2) is 5.78 Å². The van der Waals surface area contributed by atoms with Crippen LogP contribution in [0.15, 0.2) is 72.8 Å². The molecule has 3 aromatic rings. The third kappa shape index (κ3) is 2.89. The van der Waals surface area contributed by atoms with Gasteiger partial charge in [-0.1, -0.05) is 48.5 Å². The van der Waals surface area contributed by atoms with Crippen LogP contribution in [0.5, 0.6) is 17.2 Å². The Bertz CT molecular complexity index is 916. The molecule has 1 atom stereocenters. The fourth-order valence-electron chi connectivity index (χ4n) is 3.31. The summed E-state index contributed by atoms with van der Waals surface area (Å²) in [4.78, 5) is 12.8. The van der Waals surface area contributed by atoms with Gasteiger partial charge >= 0.3 is 0 Å². The molecule has 1 aliphatic heterocycles. The first-order valence-electron chi connectivity index (χ1n) is 8.29. The van der Waals surface area contributed by atoms with E-state index in [9.17, 15) is 4.79 Å². The van der Waals surface area contributed by atoms with Crippen molar-refractivity contribution in [3.05, 3.63) is 89.5 Å². The van der Waals surface area contributed by atoms with Gasteiger partial charge in [0.1, 0.15) is 17.2 Å². The molecule has 4 rings (SSSR count). The first-order chi connectivity index (χ1) is 12.3. The molecule has 0 aliphatic carbocycles. The Balaban J connectivity index is 1.76. The van der Waals surface area contributed by atoms with Crippen LogP contribution in [0.2, 0.25) is 0 Å². The molecular formula is C22H18O3. The van der Waals surface area contributed by atoms with Crippen molar-refractivity contribution in [2.75, 3.05) is 7.11 Å². The topological polar surface area (TPSA) is 35.5 Å². The van der Waals surface area contributed by atoms with E-state index in [1.165, 1.54) is 0 Å². The minimum absolute atomic E-state index is 0.0530. The largest absolute Gasteiger partial charge is 0.497 e. The average Bonchev–Trinajstić information content (AvgIpc) is 2.68. The summed E-state index contributed by atoms with van der Waals surface area (Å²) in [6.45, 7) is 0. The summed E-state index contributed by atoms with van der Waals surface area (Å²) in [6, 6.07) is 23.1. The molecule has 0 aromatic heterocycles. The van der Waals surface area contributed by atoms with Crippen LogP contribution in [0.1, 0.15) is 33.8 Å². The lowest BCUT2D eigenvalue weighted by Crippen LogP contribution is -2.14. The van der Waals surface area contributed by atoms with E-state index in [0.29, 0.717) is 6.42 Å². The van der Waals surface area contributed by atoms with Gasteiger partial charge in [-0.2, -0.15) is 0 Å². The van der Waals surface area contributed by atoms with E-state index < -0.39 is 0 Å². The highest BCUT2D eigenvalue weighted by Gasteiger charge is 2.29. The fourth-order valence-corrected chi connectivity index (χ4v) is 3.31. The van der Waals surface area contributed by atoms with Crippen LogP contribution in [-0.4, -0.2) is 12.9 Å². The van der Waals surface area contributed by atoms with E-state index in [1.807, 2.05) is 72.8 Å². The summed E-state index contributed by atoms with van der Waals surface area (Å²) < 4.78 is 11.4. The highest BCUT2D eigenvalue weighted by Crippen LogP contribution is 2.46. The highest BCUT2D eigenvalue weighted by atomic mass is 16.5. The van der Waals surface area contributed by atoms with Crippen LogP contribution >= 0.6 is 0 Å². The number of methoxy groups -OCH3 is 1. The van der Waals surface area contributed by atoms with Gasteiger partial charge in [-0.3, -0.25) is 4.79 Å². The molecule has 0 radical (unpaired) electrons. The minimum atomic E-state index is -0.0530. The minimum Gasteiger partial charge on any atom is -0.497 e. The summed E-state index contributed by atoms with van der Waals surface area (Å²) in [6.07, 6.45) is 0.393. The molecular weight excluding hydrogens is 312 g/mol. The maximum atomic E-state index is 12.8. The number of carbonyl (C=O) groups excluding carboxylic acids is 1. The lowest BCUT2D eigenvalue weighted by Gasteiger charge is -2.28. The van der Waals surface area contributed by atoms with Crippen LogP contribution in [0.4, 0.5) is 0 Å². The van der Waals surface area contributed by atoms with Crippen molar-refractivity contribution in [3.63, 3.8) is 0 Å². The number of hydrogen-bond acceptors (Lipinski definition) is 3. The zero-order valence-electron chi connectivity index (χ0n) is 13.9. The van der Waals surface area contributed by atoms with Crippen molar-refractivity contribution in [2.45, 2.75) is 12.3 Å². The van der Waals surface area contributed by atoms with E-state index >= 15 is 0 Å². The Kier molecular flexibility index (Phi) is 3.98. The average molecular weight is 330 g/mol. The predicted molar refractivity (Wildman–Crippen MR) is 96.7 cm³/mol. The summed E-state index contributed by atoms with van der Waals surface area (Å²) in [5.74, 6) is 2.43. The molecule has 0 saturated carbocycles. The van der Waals surface area contributed by atoms with Crippen molar-refractivity contribution in [1.82, 2.24) is 0 Å². The van der Waals surface area contributed by atoms with E-state index in [1.54, 1.807) is 7.11 Å². The van der Waals surface area contributed by atoms with E-state index in [4.69, 9.17) is 9.47 Å². The van der Waals surface area contributed by atoms with Gasteiger partial charge in [0.2, 0.25) is 0 Å². The second kappa shape index (κ2) is 6.44. The van der Waals surface area contributed by atoms with E-state index in [-0.39, 0.29) is 11.7 Å². The monoisotopic (exact) mass is 330 g/mol. The molecule has 124 valence electrons. The van der Waals surface area contributed by atoms with Gasteiger partial charge in [-0.05, 0) is 24.3 Å². The van der Waals surface area contributed by atoms with Crippen LogP contribution in [0.25, 0.3) is 0 Å². The molecule has 0 spiro atoms. The third-order valence-corrected chi connectivity index (χ3v) is 4.59. The SMILES string of the molecule is COc1ccc2c(c1)C(CC(=O)c1ccccc1)c1ccccc1O2. The number of hydrogen-bond donors (Lipinski definition) is 0. The summed E-state index contributed by atoms with van der Waals surface area (Å²) >= 11 is 0. The normalized spacial score (nSPS) is 14.8. The van der Waals surface area contributed by atoms with Gasteiger partial charge in [0.05, 0.1) is 7.11 Å². The molecule has 1 unspecified atom stereocenters. The Morgan fingerprint density at radius 3 is 2.44 bits per heavy atom. The summed E-state index contributed by atoms with van der Waals surface area (Å²) in [7, 11) is 1.64. The molecule has 25 heavy (non-hydrogen) atoms. The second-order valence-electron chi connectivity index (χ2n) is 6.09. The number of benzene rings is 3. The molecule has 1 aliphatic rings. The second-order valence-corrected chi connectivity index (χ2v) is 6.09. The van der Waals surface area contributed by atoms with E-state index in [2.05, 4.69) is 0 Å². The number of ether oxygens (including phenoxy) is 2. The number of Topliss-reactive ketones (excluding diaryl/α,β-unsaturated/α-hetero) is 1.